The molecule has 0 radical (unpaired) electrons. The van der Waals surface area contributed by atoms with Crippen molar-refractivity contribution in [2.24, 2.45) is 11.8 Å². The largest absolute Gasteiger partial charge is 0.396 e. The minimum absolute atomic E-state index is 0.000602. The second-order valence-corrected chi connectivity index (χ2v) is 4.75. The van der Waals surface area contributed by atoms with Gasteiger partial charge in [0, 0.05) is 12.1 Å². The summed E-state index contributed by atoms with van der Waals surface area (Å²) in [5.74, 6) is -0.169. The van der Waals surface area contributed by atoms with E-state index in [1.165, 1.54) is 4.90 Å². The Kier molecular flexibility index (Phi) is 1.93. The molecule has 0 aromatic rings. The molecule has 1 N–H and O–H groups in total. The summed E-state index contributed by atoms with van der Waals surface area (Å²) in [5.41, 5.74) is -0.531. The number of likely N-dealkylation sites (tertiary alicyclic amines) is 1. The number of aliphatic hydroxyl groups excluding tert-OH is 1. The summed E-state index contributed by atoms with van der Waals surface area (Å²) in [7, 11) is 0. The molecular formula is C10H15NO3. The molecule has 1 saturated heterocycles. The maximum absolute atomic E-state index is 11.7. The van der Waals surface area contributed by atoms with Crippen molar-refractivity contribution in [3.8, 4) is 0 Å². The Labute approximate surface area is 82.9 Å². The van der Waals surface area contributed by atoms with E-state index in [0.717, 1.165) is 6.42 Å². The van der Waals surface area contributed by atoms with Crippen molar-refractivity contribution in [1.82, 2.24) is 4.90 Å². The van der Waals surface area contributed by atoms with Crippen molar-refractivity contribution < 1.29 is 14.7 Å². The molecule has 1 aliphatic carbocycles. The Morgan fingerprint density at radius 1 is 1.36 bits per heavy atom. The van der Waals surface area contributed by atoms with Crippen molar-refractivity contribution >= 4 is 11.8 Å². The summed E-state index contributed by atoms with van der Waals surface area (Å²) in [6.07, 6.45) is 1.19. The number of hydrogen-bond acceptors (Lipinski definition) is 3. The molecule has 2 atom stereocenters. The third kappa shape index (κ3) is 1.17. The van der Waals surface area contributed by atoms with Crippen molar-refractivity contribution in [1.29, 1.82) is 0 Å². The highest BCUT2D eigenvalue weighted by molar-refractivity contribution is 6.09. The van der Waals surface area contributed by atoms with Gasteiger partial charge in [0.05, 0.1) is 11.8 Å². The molecule has 2 aliphatic rings. The lowest BCUT2D eigenvalue weighted by molar-refractivity contribution is -0.148. The molecule has 0 aromatic carbocycles. The third-order valence-corrected chi connectivity index (χ3v) is 3.19. The van der Waals surface area contributed by atoms with Gasteiger partial charge in [0.15, 0.2) is 0 Å². The molecular weight excluding hydrogens is 182 g/mol. The van der Waals surface area contributed by atoms with Gasteiger partial charge in [0.1, 0.15) is 0 Å². The highest BCUT2D eigenvalue weighted by atomic mass is 16.3. The molecule has 2 amide bonds. The SMILES string of the molecule is CC(C)(CCO)N1C(=O)C2CC2C1=O. The topological polar surface area (TPSA) is 57.6 Å². The molecule has 1 aliphatic heterocycles. The maximum Gasteiger partial charge on any atom is 0.233 e. The van der Waals surface area contributed by atoms with E-state index < -0.39 is 5.54 Å². The zero-order valence-electron chi connectivity index (χ0n) is 8.49. The van der Waals surface area contributed by atoms with Gasteiger partial charge in [-0.15, -0.1) is 0 Å². The third-order valence-electron chi connectivity index (χ3n) is 3.19. The minimum atomic E-state index is -0.531. The first kappa shape index (κ1) is 9.65. The Balaban J connectivity index is 2.18. The van der Waals surface area contributed by atoms with Crippen LogP contribution >= 0.6 is 0 Å². The van der Waals surface area contributed by atoms with E-state index >= 15 is 0 Å². The number of rotatable bonds is 3. The molecule has 78 valence electrons. The molecule has 1 saturated carbocycles. The molecule has 2 fully saturated rings. The fraction of sp³-hybridized carbons (Fsp3) is 0.800. The van der Waals surface area contributed by atoms with E-state index in [4.69, 9.17) is 5.11 Å². The number of carbonyl (C=O) groups is 2. The van der Waals surface area contributed by atoms with Crippen LogP contribution in [0.15, 0.2) is 0 Å². The number of nitrogens with zero attached hydrogens (tertiary/aromatic N) is 1. The monoisotopic (exact) mass is 197 g/mol. The van der Waals surface area contributed by atoms with Gasteiger partial charge in [-0.25, -0.2) is 0 Å². The smallest absolute Gasteiger partial charge is 0.233 e. The highest BCUT2D eigenvalue weighted by Gasteiger charge is 2.61. The number of aliphatic hydroxyl groups is 1. The minimum Gasteiger partial charge on any atom is -0.396 e. The van der Waals surface area contributed by atoms with Crippen LogP contribution in [0.3, 0.4) is 0 Å². The van der Waals surface area contributed by atoms with Gasteiger partial charge in [-0.3, -0.25) is 14.5 Å². The molecule has 4 heteroatoms. The predicted molar refractivity (Wildman–Crippen MR) is 49.2 cm³/mol. The summed E-state index contributed by atoms with van der Waals surface area (Å²) in [6, 6.07) is 0. The molecule has 0 bridgehead atoms. The number of hydrogen-bond donors (Lipinski definition) is 1. The van der Waals surface area contributed by atoms with Gasteiger partial charge in [-0.05, 0) is 26.7 Å². The maximum atomic E-state index is 11.7. The van der Waals surface area contributed by atoms with E-state index in [0.29, 0.717) is 6.42 Å². The normalized spacial score (nSPS) is 30.9. The zero-order valence-corrected chi connectivity index (χ0v) is 8.49. The van der Waals surface area contributed by atoms with Crippen LogP contribution in [0.2, 0.25) is 0 Å². The Morgan fingerprint density at radius 2 is 1.86 bits per heavy atom. The van der Waals surface area contributed by atoms with Gasteiger partial charge in [-0.2, -0.15) is 0 Å². The zero-order chi connectivity index (χ0) is 10.5. The number of imide groups is 1. The van der Waals surface area contributed by atoms with Gasteiger partial charge < -0.3 is 5.11 Å². The van der Waals surface area contributed by atoms with Crippen molar-refractivity contribution in [2.45, 2.75) is 32.2 Å². The second kappa shape index (κ2) is 2.79. The van der Waals surface area contributed by atoms with Crippen LogP contribution < -0.4 is 0 Å². The standard InChI is InChI=1S/C10H15NO3/c1-10(2,3-4-12)11-8(13)6-5-7(6)9(11)14/h6-7,12H,3-5H2,1-2H3. The molecule has 0 aromatic heterocycles. The first-order valence-corrected chi connectivity index (χ1v) is 4.98. The molecule has 14 heavy (non-hydrogen) atoms. The van der Waals surface area contributed by atoms with Crippen molar-refractivity contribution in [3.05, 3.63) is 0 Å². The van der Waals surface area contributed by atoms with E-state index in [-0.39, 0.29) is 30.3 Å². The Bertz CT molecular complexity index is 278. The summed E-state index contributed by atoms with van der Waals surface area (Å²) in [6.45, 7) is 3.65. The van der Waals surface area contributed by atoms with E-state index in [9.17, 15) is 9.59 Å². The van der Waals surface area contributed by atoms with Crippen LogP contribution in [0.4, 0.5) is 0 Å². The average Bonchev–Trinajstić information content (AvgIpc) is 2.76. The van der Waals surface area contributed by atoms with Crippen LogP contribution in [0.25, 0.3) is 0 Å². The molecule has 2 rings (SSSR count). The Morgan fingerprint density at radius 3 is 2.29 bits per heavy atom. The van der Waals surface area contributed by atoms with E-state index in [1.807, 2.05) is 13.8 Å². The Hall–Kier alpha value is -0.900. The fourth-order valence-corrected chi connectivity index (χ4v) is 2.16. The van der Waals surface area contributed by atoms with Crippen LogP contribution in [0, 0.1) is 11.8 Å². The lowest BCUT2D eigenvalue weighted by Crippen LogP contribution is -2.49. The summed E-state index contributed by atoms with van der Waals surface area (Å²) in [5, 5.41) is 8.86. The van der Waals surface area contributed by atoms with Crippen molar-refractivity contribution in [3.63, 3.8) is 0 Å². The van der Waals surface area contributed by atoms with Gasteiger partial charge in [0.25, 0.3) is 0 Å². The lowest BCUT2D eigenvalue weighted by Gasteiger charge is -2.34. The molecule has 1 heterocycles. The van der Waals surface area contributed by atoms with E-state index in [2.05, 4.69) is 0 Å². The summed E-state index contributed by atoms with van der Waals surface area (Å²) >= 11 is 0. The van der Waals surface area contributed by atoms with Crippen molar-refractivity contribution in [2.75, 3.05) is 6.61 Å². The number of piperidine rings is 1. The molecule has 4 nitrogen and oxygen atoms in total. The van der Waals surface area contributed by atoms with Gasteiger partial charge in [-0.1, -0.05) is 0 Å². The van der Waals surface area contributed by atoms with Gasteiger partial charge in [0.2, 0.25) is 11.8 Å². The molecule has 2 unspecified atom stereocenters. The first-order chi connectivity index (χ1) is 6.49. The summed E-state index contributed by atoms with van der Waals surface area (Å²) in [4.78, 5) is 24.8. The molecule has 0 spiro atoms. The van der Waals surface area contributed by atoms with Crippen LogP contribution in [0.1, 0.15) is 26.7 Å². The van der Waals surface area contributed by atoms with Crippen LogP contribution in [0.5, 0.6) is 0 Å². The highest BCUT2D eigenvalue weighted by Crippen LogP contribution is 2.49. The number of fused-ring (bicyclic) bond motifs is 1. The first-order valence-electron chi connectivity index (χ1n) is 4.98. The summed E-state index contributed by atoms with van der Waals surface area (Å²) < 4.78 is 0. The van der Waals surface area contributed by atoms with E-state index in [1.54, 1.807) is 0 Å². The van der Waals surface area contributed by atoms with Crippen LogP contribution in [-0.4, -0.2) is 34.0 Å². The van der Waals surface area contributed by atoms with Gasteiger partial charge >= 0.3 is 0 Å². The second-order valence-electron chi connectivity index (χ2n) is 4.75. The quantitative estimate of drug-likeness (QED) is 0.655. The number of carbonyl (C=O) groups excluding carboxylic acids is 2. The lowest BCUT2D eigenvalue weighted by atomic mass is 9.98. The fourth-order valence-electron chi connectivity index (χ4n) is 2.16. The predicted octanol–water partition coefficient (Wildman–Crippen LogP) is 0.152. The average molecular weight is 197 g/mol. The van der Waals surface area contributed by atoms with Crippen LogP contribution in [-0.2, 0) is 9.59 Å². The number of amides is 2.